The summed E-state index contributed by atoms with van der Waals surface area (Å²) in [6.45, 7) is 6.92. The van der Waals surface area contributed by atoms with Crippen LogP contribution in [0, 0.1) is 17.0 Å². The fourth-order valence-corrected chi connectivity index (χ4v) is 2.24. The van der Waals surface area contributed by atoms with Crippen LogP contribution in [0.15, 0.2) is 12.3 Å². The van der Waals surface area contributed by atoms with E-state index in [4.69, 9.17) is 0 Å². The van der Waals surface area contributed by atoms with Gasteiger partial charge < -0.3 is 9.80 Å². The lowest BCUT2D eigenvalue weighted by molar-refractivity contribution is -0.385. The molecule has 2 heterocycles. The average molecular weight is 264 g/mol. The van der Waals surface area contributed by atoms with Crippen molar-refractivity contribution in [2.24, 2.45) is 0 Å². The number of piperazine rings is 1. The van der Waals surface area contributed by atoms with E-state index < -0.39 is 0 Å². The second-order valence-electron chi connectivity index (χ2n) is 5.10. The van der Waals surface area contributed by atoms with E-state index in [-0.39, 0.29) is 10.6 Å². The molecular weight excluding hydrogens is 244 g/mol. The van der Waals surface area contributed by atoms with Gasteiger partial charge in [0.2, 0.25) is 0 Å². The molecule has 0 spiro atoms. The Morgan fingerprint density at radius 2 is 2.05 bits per heavy atom. The molecule has 0 radical (unpaired) electrons. The zero-order chi connectivity index (χ0) is 13.8. The van der Waals surface area contributed by atoms with Gasteiger partial charge in [-0.1, -0.05) is 0 Å². The van der Waals surface area contributed by atoms with Gasteiger partial charge in [-0.3, -0.25) is 15.1 Å². The minimum absolute atomic E-state index is 0.121. The molecule has 0 amide bonds. The highest BCUT2D eigenvalue weighted by Crippen LogP contribution is 2.17. The molecule has 19 heavy (non-hydrogen) atoms. The fourth-order valence-electron chi connectivity index (χ4n) is 2.24. The Kier molecular flexibility index (Phi) is 4.44. The Morgan fingerprint density at radius 1 is 1.37 bits per heavy atom. The van der Waals surface area contributed by atoms with Gasteiger partial charge in [-0.25, -0.2) is 0 Å². The van der Waals surface area contributed by atoms with Crippen molar-refractivity contribution in [2.45, 2.75) is 13.3 Å². The largest absolute Gasteiger partial charge is 0.304 e. The molecule has 0 saturated carbocycles. The quantitative estimate of drug-likeness (QED) is 0.601. The molecule has 2 rings (SSSR count). The van der Waals surface area contributed by atoms with Crippen LogP contribution in [-0.4, -0.2) is 59.5 Å². The lowest BCUT2D eigenvalue weighted by Gasteiger charge is -2.32. The van der Waals surface area contributed by atoms with Crippen LogP contribution >= 0.6 is 0 Å². The summed E-state index contributed by atoms with van der Waals surface area (Å²) >= 11 is 0. The van der Waals surface area contributed by atoms with Crippen LogP contribution in [0.1, 0.15) is 11.3 Å². The van der Waals surface area contributed by atoms with E-state index in [0.717, 1.165) is 44.7 Å². The second kappa shape index (κ2) is 6.08. The Hall–Kier alpha value is -1.53. The highest BCUT2D eigenvalue weighted by atomic mass is 16.6. The number of likely N-dealkylation sites (N-methyl/N-ethyl adjacent to an activating group) is 1. The summed E-state index contributed by atoms with van der Waals surface area (Å²) in [4.78, 5) is 19.3. The maximum Gasteiger partial charge on any atom is 0.290 e. The third-order valence-electron chi connectivity index (χ3n) is 3.63. The molecule has 0 N–H and O–H groups in total. The summed E-state index contributed by atoms with van der Waals surface area (Å²) < 4.78 is 0. The highest BCUT2D eigenvalue weighted by Gasteiger charge is 2.15. The van der Waals surface area contributed by atoms with Crippen molar-refractivity contribution < 1.29 is 4.92 Å². The van der Waals surface area contributed by atoms with Gasteiger partial charge in [0, 0.05) is 45.0 Å². The van der Waals surface area contributed by atoms with Crippen molar-refractivity contribution in [3.8, 4) is 0 Å². The molecule has 104 valence electrons. The average Bonchev–Trinajstić information content (AvgIpc) is 2.39. The molecule has 6 heteroatoms. The van der Waals surface area contributed by atoms with Crippen LogP contribution < -0.4 is 0 Å². The third kappa shape index (κ3) is 3.71. The molecule has 0 atom stereocenters. The van der Waals surface area contributed by atoms with Gasteiger partial charge in [0.1, 0.15) is 5.69 Å². The van der Waals surface area contributed by atoms with E-state index >= 15 is 0 Å². The first-order valence-electron chi connectivity index (χ1n) is 6.57. The first-order chi connectivity index (χ1) is 9.06. The van der Waals surface area contributed by atoms with Gasteiger partial charge in [0.05, 0.1) is 4.92 Å². The zero-order valence-electron chi connectivity index (χ0n) is 11.5. The van der Waals surface area contributed by atoms with Crippen LogP contribution in [0.2, 0.25) is 0 Å². The Bertz CT molecular complexity index is 456. The molecule has 6 nitrogen and oxygen atoms in total. The van der Waals surface area contributed by atoms with Crippen LogP contribution in [-0.2, 0) is 6.42 Å². The van der Waals surface area contributed by atoms with E-state index in [9.17, 15) is 10.1 Å². The molecule has 0 bridgehead atoms. The number of aromatic nitrogens is 1. The Balaban J connectivity index is 1.92. The van der Waals surface area contributed by atoms with Gasteiger partial charge in [0.25, 0.3) is 5.69 Å². The highest BCUT2D eigenvalue weighted by molar-refractivity contribution is 5.37. The molecule has 1 aliphatic rings. The summed E-state index contributed by atoms with van der Waals surface area (Å²) in [5.74, 6) is 0. The molecular formula is C13H20N4O2. The Labute approximate surface area is 113 Å². The maximum atomic E-state index is 10.9. The molecule has 0 aromatic carbocycles. The summed E-state index contributed by atoms with van der Waals surface area (Å²) in [7, 11) is 2.13. The number of nitrogens with zero attached hydrogens (tertiary/aromatic N) is 4. The lowest BCUT2D eigenvalue weighted by Crippen LogP contribution is -2.45. The van der Waals surface area contributed by atoms with Gasteiger partial charge in [-0.15, -0.1) is 0 Å². The van der Waals surface area contributed by atoms with Crippen molar-refractivity contribution in [2.75, 3.05) is 39.8 Å². The van der Waals surface area contributed by atoms with Gasteiger partial charge >= 0.3 is 0 Å². The minimum Gasteiger partial charge on any atom is -0.304 e. The van der Waals surface area contributed by atoms with E-state index in [1.807, 2.05) is 0 Å². The van der Waals surface area contributed by atoms with Gasteiger partial charge in [-0.05, 0) is 26.0 Å². The monoisotopic (exact) mass is 264 g/mol. The van der Waals surface area contributed by atoms with Crippen LogP contribution in [0.4, 0.5) is 5.69 Å². The Morgan fingerprint density at radius 3 is 2.68 bits per heavy atom. The summed E-state index contributed by atoms with van der Waals surface area (Å²) in [6.07, 6.45) is 2.57. The molecule has 0 aliphatic carbocycles. The molecule has 1 fully saturated rings. The number of nitro groups is 1. The summed E-state index contributed by atoms with van der Waals surface area (Å²) in [6, 6.07) is 1.65. The van der Waals surface area contributed by atoms with Crippen molar-refractivity contribution in [1.29, 1.82) is 0 Å². The van der Waals surface area contributed by atoms with Crippen molar-refractivity contribution in [1.82, 2.24) is 14.8 Å². The van der Waals surface area contributed by atoms with Crippen molar-refractivity contribution in [3.63, 3.8) is 0 Å². The smallest absolute Gasteiger partial charge is 0.290 e. The number of hydrogen-bond donors (Lipinski definition) is 0. The SMILES string of the molecule is Cc1ncc(CCN2CCN(C)CC2)cc1[N+](=O)[O-]. The first kappa shape index (κ1) is 13.9. The van der Waals surface area contributed by atoms with Gasteiger partial charge in [-0.2, -0.15) is 0 Å². The molecule has 0 unspecified atom stereocenters. The number of rotatable bonds is 4. The molecule has 1 aliphatic heterocycles. The van der Waals surface area contributed by atoms with Crippen LogP contribution in [0.25, 0.3) is 0 Å². The molecule has 1 aromatic rings. The summed E-state index contributed by atoms with van der Waals surface area (Å²) in [5.41, 5.74) is 1.54. The lowest BCUT2D eigenvalue weighted by atomic mass is 10.1. The van der Waals surface area contributed by atoms with Crippen molar-refractivity contribution in [3.05, 3.63) is 33.6 Å². The summed E-state index contributed by atoms with van der Waals surface area (Å²) in [5, 5.41) is 10.9. The third-order valence-corrected chi connectivity index (χ3v) is 3.63. The minimum atomic E-state index is -0.359. The van der Waals surface area contributed by atoms with Crippen LogP contribution in [0.5, 0.6) is 0 Å². The standard InChI is InChI=1S/C13H20N4O2/c1-11-13(17(18)19)9-12(10-14-11)3-4-16-7-5-15(2)6-8-16/h9-10H,3-8H2,1-2H3. The van der Waals surface area contributed by atoms with E-state index in [1.54, 1.807) is 19.2 Å². The van der Waals surface area contributed by atoms with Gasteiger partial charge in [0.15, 0.2) is 0 Å². The predicted octanol–water partition coefficient (Wildman–Crippen LogP) is 1.09. The van der Waals surface area contributed by atoms with E-state index in [0.29, 0.717) is 5.69 Å². The molecule has 1 saturated heterocycles. The maximum absolute atomic E-state index is 10.9. The molecule has 1 aromatic heterocycles. The van der Waals surface area contributed by atoms with E-state index in [1.165, 1.54) is 0 Å². The zero-order valence-corrected chi connectivity index (χ0v) is 11.5. The fraction of sp³-hybridized carbons (Fsp3) is 0.615. The first-order valence-corrected chi connectivity index (χ1v) is 6.57. The van der Waals surface area contributed by atoms with Crippen molar-refractivity contribution >= 4 is 5.69 Å². The second-order valence-corrected chi connectivity index (χ2v) is 5.10. The predicted molar refractivity (Wildman–Crippen MR) is 73.3 cm³/mol. The number of hydrogen-bond acceptors (Lipinski definition) is 5. The number of pyridine rings is 1. The topological polar surface area (TPSA) is 62.5 Å². The number of aryl methyl sites for hydroxylation is 1. The normalized spacial score (nSPS) is 17.6. The van der Waals surface area contributed by atoms with E-state index in [2.05, 4.69) is 21.8 Å². The van der Waals surface area contributed by atoms with Crippen LogP contribution in [0.3, 0.4) is 0 Å².